The Morgan fingerprint density at radius 2 is 1.89 bits per heavy atom. The largest absolute Gasteiger partial charge is 0.492 e. The highest BCUT2D eigenvalue weighted by molar-refractivity contribution is 5.79. The van der Waals surface area contributed by atoms with Crippen LogP contribution in [0.4, 0.5) is 0 Å². The molecule has 0 aliphatic carbocycles. The highest BCUT2D eigenvalue weighted by Gasteiger charge is 2.10. The lowest BCUT2D eigenvalue weighted by Crippen LogP contribution is -2.36. The fourth-order valence-corrected chi connectivity index (χ4v) is 2.77. The summed E-state index contributed by atoms with van der Waals surface area (Å²) in [6.07, 6.45) is 0. The van der Waals surface area contributed by atoms with Gasteiger partial charge in [0.15, 0.2) is 5.96 Å². The van der Waals surface area contributed by atoms with Crippen LogP contribution >= 0.6 is 0 Å². The van der Waals surface area contributed by atoms with Gasteiger partial charge in [-0.25, -0.2) is 0 Å². The molecule has 1 aromatic carbocycles. The maximum atomic E-state index is 5.92. The summed E-state index contributed by atoms with van der Waals surface area (Å²) in [7, 11) is 7.82. The van der Waals surface area contributed by atoms with Crippen molar-refractivity contribution in [1.82, 2.24) is 25.3 Å². The summed E-state index contributed by atoms with van der Waals surface area (Å²) < 4.78 is 7.83. The summed E-state index contributed by atoms with van der Waals surface area (Å²) in [6, 6.07) is 8.09. The molecule has 0 unspecified atom stereocenters. The lowest BCUT2D eigenvalue weighted by molar-refractivity contribution is 0.259. The van der Waals surface area contributed by atoms with Gasteiger partial charge < -0.3 is 20.3 Å². The molecule has 2 aromatic rings. The molecular formula is C20H32N6O. The third kappa shape index (κ3) is 5.99. The third-order valence-corrected chi connectivity index (χ3v) is 4.53. The molecule has 2 N–H and O–H groups in total. The monoisotopic (exact) mass is 372 g/mol. The number of ether oxygens (including phenoxy) is 1. The maximum Gasteiger partial charge on any atom is 0.191 e. The van der Waals surface area contributed by atoms with E-state index in [-0.39, 0.29) is 0 Å². The fourth-order valence-electron chi connectivity index (χ4n) is 2.77. The number of likely N-dealkylation sites (N-methyl/N-ethyl adjacent to an activating group) is 1. The minimum atomic E-state index is 0.642. The maximum absolute atomic E-state index is 5.92. The van der Waals surface area contributed by atoms with E-state index in [1.165, 1.54) is 5.56 Å². The molecule has 0 saturated carbocycles. The van der Waals surface area contributed by atoms with Crippen molar-refractivity contribution in [3.8, 4) is 5.75 Å². The summed E-state index contributed by atoms with van der Waals surface area (Å²) in [6.45, 7) is 6.98. The first-order valence-corrected chi connectivity index (χ1v) is 9.21. The van der Waals surface area contributed by atoms with Crippen molar-refractivity contribution in [3.05, 3.63) is 46.8 Å². The fraction of sp³-hybridized carbons (Fsp3) is 0.500. The predicted molar refractivity (Wildman–Crippen MR) is 110 cm³/mol. The summed E-state index contributed by atoms with van der Waals surface area (Å²) in [5.41, 5.74) is 4.51. The number of benzene rings is 1. The van der Waals surface area contributed by atoms with Crippen LogP contribution in [0.15, 0.2) is 29.3 Å². The van der Waals surface area contributed by atoms with E-state index in [1.54, 1.807) is 7.05 Å². The lowest BCUT2D eigenvalue weighted by atomic mass is 10.2. The number of aryl methyl sites for hydroxylation is 2. The van der Waals surface area contributed by atoms with Gasteiger partial charge >= 0.3 is 0 Å². The van der Waals surface area contributed by atoms with Crippen molar-refractivity contribution in [1.29, 1.82) is 0 Å². The molecule has 7 nitrogen and oxygen atoms in total. The van der Waals surface area contributed by atoms with Gasteiger partial charge in [0.1, 0.15) is 12.4 Å². The van der Waals surface area contributed by atoms with Crippen LogP contribution in [0, 0.1) is 13.8 Å². The van der Waals surface area contributed by atoms with Crippen LogP contribution < -0.4 is 15.4 Å². The van der Waals surface area contributed by atoms with Gasteiger partial charge in [-0.05, 0) is 34.0 Å². The second-order valence-electron chi connectivity index (χ2n) is 6.81. The van der Waals surface area contributed by atoms with E-state index in [2.05, 4.69) is 38.6 Å². The minimum absolute atomic E-state index is 0.642. The number of aromatic nitrogens is 2. The number of guanidine groups is 1. The first-order valence-electron chi connectivity index (χ1n) is 9.21. The number of hydrogen-bond acceptors (Lipinski definition) is 4. The zero-order chi connectivity index (χ0) is 19.8. The zero-order valence-corrected chi connectivity index (χ0v) is 17.3. The van der Waals surface area contributed by atoms with Crippen LogP contribution in [0.1, 0.15) is 22.5 Å². The van der Waals surface area contributed by atoms with Crippen molar-refractivity contribution < 1.29 is 4.74 Å². The van der Waals surface area contributed by atoms with E-state index in [4.69, 9.17) is 4.74 Å². The molecule has 27 heavy (non-hydrogen) atoms. The van der Waals surface area contributed by atoms with Gasteiger partial charge in [-0.2, -0.15) is 5.10 Å². The van der Waals surface area contributed by atoms with Gasteiger partial charge in [0, 0.05) is 50.6 Å². The molecule has 1 aromatic heterocycles. The number of para-hydroxylation sites is 1. The van der Waals surface area contributed by atoms with Crippen LogP contribution in [-0.4, -0.2) is 54.9 Å². The molecule has 0 bridgehead atoms. The topological polar surface area (TPSA) is 66.7 Å². The van der Waals surface area contributed by atoms with E-state index in [9.17, 15) is 0 Å². The van der Waals surface area contributed by atoms with Crippen LogP contribution in [0.25, 0.3) is 0 Å². The molecule has 2 rings (SSSR count). The zero-order valence-electron chi connectivity index (χ0n) is 17.3. The van der Waals surface area contributed by atoms with Crippen LogP contribution in [0.2, 0.25) is 0 Å². The Hall–Kier alpha value is -2.54. The van der Waals surface area contributed by atoms with Crippen molar-refractivity contribution >= 4 is 5.96 Å². The Morgan fingerprint density at radius 3 is 2.52 bits per heavy atom. The molecule has 0 aliphatic heterocycles. The Balaban J connectivity index is 1.92. The number of hydrogen-bond donors (Lipinski definition) is 2. The SMILES string of the molecule is CN=C(NCc1ccccc1OCCN(C)C)NCc1c(C)nn(C)c1C. The van der Waals surface area contributed by atoms with Gasteiger partial charge in [-0.15, -0.1) is 0 Å². The average molecular weight is 373 g/mol. The van der Waals surface area contributed by atoms with Gasteiger partial charge in [-0.1, -0.05) is 18.2 Å². The first-order chi connectivity index (χ1) is 12.9. The number of rotatable bonds is 8. The molecular weight excluding hydrogens is 340 g/mol. The third-order valence-electron chi connectivity index (χ3n) is 4.53. The Labute approximate surface area is 162 Å². The van der Waals surface area contributed by atoms with Gasteiger partial charge in [-0.3, -0.25) is 9.67 Å². The molecule has 0 atom stereocenters. The van der Waals surface area contributed by atoms with E-state index < -0.39 is 0 Å². The summed E-state index contributed by atoms with van der Waals surface area (Å²) in [5, 5.41) is 11.2. The minimum Gasteiger partial charge on any atom is -0.492 e. The molecule has 7 heteroatoms. The standard InChI is InChI=1S/C20H32N6O/c1-15-18(16(2)26(6)24-15)14-23-20(21-3)22-13-17-9-7-8-10-19(17)27-12-11-25(4)5/h7-10H,11-14H2,1-6H3,(H2,21,22,23). The molecule has 0 amide bonds. The van der Waals surface area contributed by atoms with Crippen LogP contribution in [-0.2, 0) is 20.1 Å². The second kappa shape index (κ2) is 9.97. The highest BCUT2D eigenvalue weighted by Crippen LogP contribution is 2.17. The molecule has 1 heterocycles. The normalized spacial score (nSPS) is 11.7. The van der Waals surface area contributed by atoms with Crippen molar-refractivity contribution in [3.63, 3.8) is 0 Å². The molecule has 0 spiro atoms. The molecule has 0 aliphatic rings. The molecule has 0 fully saturated rings. The number of nitrogens with one attached hydrogen (secondary N) is 2. The second-order valence-corrected chi connectivity index (χ2v) is 6.81. The van der Waals surface area contributed by atoms with E-state index in [0.29, 0.717) is 19.7 Å². The van der Waals surface area contributed by atoms with E-state index in [0.717, 1.165) is 35.2 Å². The average Bonchev–Trinajstić information content (AvgIpc) is 2.88. The number of aliphatic imine (C=N–C) groups is 1. The van der Waals surface area contributed by atoms with Crippen LogP contribution in [0.5, 0.6) is 5.75 Å². The van der Waals surface area contributed by atoms with Gasteiger partial charge in [0.2, 0.25) is 0 Å². The quantitative estimate of drug-likeness (QED) is 0.547. The van der Waals surface area contributed by atoms with E-state index >= 15 is 0 Å². The summed E-state index contributed by atoms with van der Waals surface area (Å²) in [5.74, 6) is 1.65. The van der Waals surface area contributed by atoms with Crippen LogP contribution in [0.3, 0.4) is 0 Å². The summed E-state index contributed by atoms with van der Waals surface area (Å²) >= 11 is 0. The molecule has 0 saturated heterocycles. The molecule has 148 valence electrons. The van der Waals surface area contributed by atoms with Gasteiger partial charge in [0.25, 0.3) is 0 Å². The van der Waals surface area contributed by atoms with E-state index in [1.807, 2.05) is 50.9 Å². The Bertz CT molecular complexity index is 766. The van der Waals surface area contributed by atoms with Crippen molar-refractivity contribution in [2.45, 2.75) is 26.9 Å². The predicted octanol–water partition coefficient (Wildman–Crippen LogP) is 1.84. The first kappa shape index (κ1) is 20.8. The summed E-state index contributed by atoms with van der Waals surface area (Å²) in [4.78, 5) is 6.43. The Morgan fingerprint density at radius 1 is 1.19 bits per heavy atom. The highest BCUT2D eigenvalue weighted by atomic mass is 16.5. The van der Waals surface area contributed by atoms with Gasteiger partial charge in [0.05, 0.1) is 5.69 Å². The van der Waals surface area contributed by atoms with Crippen molar-refractivity contribution in [2.24, 2.45) is 12.0 Å². The van der Waals surface area contributed by atoms with Crippen molar-refractivity contribution in [2.75, 3.05) is 34.3 Å². The lowest BCUT2D eigenvalue weighted by Gasteiger charge is -2.16. The number of nitrogens with zero attached hydrogens (tertiary/aromatic N) is 4. The molecule has 0 radical (unpaired) electrons. The Kier molecular flexibility index (Phi) is 7.67. The smallest absolute Gasteiger partial charge is 0.191 e.